The molecule has 0 aliphatic rings. The van der Waals surface area contributed by atoms with E-state index in [1.165, 1.54) is 0 Å². The van der Waals surface area contributed by atoms with Crippen LogP contribution in [0.15, 0.2) is 36.4 Å². The van der Waals surface area contributed by atoms with Crippen molar-refractivity contribution in [2.24, 2.45) is 7.05 Å². The summed E-state index contributed by atoms with van der Waals surface area (Å²) in [5, 5.41) is 0. The van der Waals surface area contributed by atoms with E-state index in [9.17, 15) is 0 Å². The highest BCUT2D eigenvalue weighted by molar-refractivity contribution is 5.83. The van der Waals surface area contributed by atoms with E-state index in [2.05, 4.69) is 0 Å². The van der Waals surface area contributed by atoms with Crippen molar-refractivity contribution >= 4 is 16.7 Å². The molecule has 3 rings (SSSR count). The Kier molecular flexibility index (Phi) is 3.17. The van der Waals surface area contributed by atoms with Crippen LogP contribution in [0.5, 0.6) is 11.5 Å². The van der Waals surface area contributed by atoms with Crippen molar-refractivity contribution in [3.63, 3.8) is 0 Å². The Bertz CT molecular complexity index is 809. The van der Waals surface area contributed by atoms with Gasteiger partial charge in [-0.05, 0) is 24.3 Å². The van der Waals surface area contributed by atoms with Crippen LogP contribution in [0.1, 0.15) is 0 Å². The maximum absolute atomic E-state index is 5.81. The highest BCUT2D eigenvalue weighted by Crippen LogP contribution is 2.33. The molecule has 5 nitrogen and oxygen atoms in total. The molecule has 0 saturated carbocycles. The molecule has 2 aromatic carbocycles. The van der Waals surface area contributed by atoms with E-state index in [1.54, 1.807) is 20.3 Å². The second-order valence-corrected chi connectivity index (χ2v) is 4.81. The number of rotatable bonds is 3. The summed E-state index contributed by atoms with van der Waals surface area (Å²) in [7, 11) is 5.25. The van der Waals surface area contributed by atoms with E-state index < -0.39 is 0 Å². The second-order valence-electron chi connectivity index (χ2n) is 4.81. The predicted molar refractivity (Wildman–Crippen MR) is 83.7 cm³/mol. The third kappa shape index (κ3) is 2.16. The molecule has 108 valence electrons. The Labute approximate surface area is 122 Å². The number of fused-ring (bicyclic) bond motifs is 1. The van der Waals surface area contributed by atoms with Crippen LogP contribution in [0.2, 0.25) is 0 Å². The van der Waals surface area contributed by atoms with Gasteiger partial charge in [-0.25, -0.2) is 4.98 Å². The van der Waals surface area contributed by atoms with Crippen LogP contribution in [0.4, 0.5) is 5.69 Å². The van der Waals surface area contributed by atoms with E-state index in [0.717, 1.165) is 28.2 Å². The van der Waals surface area contributed by atoms with Gasteiger partial charge in [-0.2, -0.15) is 0 Å². The van der Waals surface area contributed by atoms with Crippen molar-refractivity contribution in [1.29, 1.82) is 0 Å². The minimum Gasteiger partial charge on any atom is -0.497 e. The topological polar surface area (TPSA) is 62.3 Å². The number of methoxy groups -OCH3 is 2. The summed E-state index contributed by atoms with van der Waals surface area (Å²) in [6.07, 6.45) is 0. The largest absolute Gasteiger partial charge is 0.497 e. The first-order valence-electron chi connectivity index (χ1n) is 6.58. The van der Waals surface area contributed by atoms with Crippen LogP contribution in [0.25, 0.3) is 22.4 Å². The van der Waals surface area contributed by atoms with Crippen LogP contribution in [0, 0.1) is 0 Å². The van der Waals surface area contributed by atoms with Gasteiger partial charge in [0.05, 0.1) is 30.8 Å². The molecule has 0 aliphatic heterocycles. The molecule has 0 fully saturated rings. The summed E-state index contributed by atoms with van der Waals surface area (Å²) in [5.41, 5.74) is 9.29. The van der Waals surface area contributed by atoms with Crippen LogP contribution in [0.3, 0.4) is 0 Å². The fourth-order valence-electron chi connectivity index (χ4n) is 2.44. The van der Waals surface area contributed by atoms with Crippen molar-refractivity contribution in [2.45, 2.75) is 0 Å². The van der Waals surface area contributed by atoms with Gasteiger partial charge in [0.1, 0.15) is 17.3 Å². The number of nitrogens with two attached hydrogens (primary N) is 1. The normalized spacial score (nSPS) is 10.8. The average molecular weight is 283 g/mol. The molecule has 5 heteroatoms. The summed E-state index contributed by atoms with van der Waals surface area (Å²) in [6.45, 7) is 0. The molecule has 0 bridgehead atoms. The fourth-order valence-corrected chi connectivity index (χ4v) is 2.44. The zero-order valence-electron chi connectivity index (χ0n) is 12.3. The van der Waals surface area contributed by atoms with Crippen molar-refractivity contribution in [1.82, 2.24) is 9.55 Å². The van der Waals surface area contributed by atoms with Gasteiger partial charge in [-0.3, -0.25) is 0 Å². The lowest BCUT2D eigenvalue weighted by atomic mass is 10.1. The third-order valence-corrected chi connectivity index (χ3v) is 3.55. The molecule has 0 aliphatic carbocycles. The smallest absolute Gasteiger partial charge is 0.144 e. The highest BCUT2D eigenvalue weighted by atomic mass is 16.5. The summed E-state index contributed by atoms with van der Waals surface area (Å²) in [5.74, 6) is 2.33. The number of hydrogen-bond donors (Lipinski definition) is 1. The molecular weight excluding hydrogens is 266 g/mol. The molecule has 0 atom stereocenters. The Morgan fingerprint density at radius 1 is 1.05 bits per heavy atom. The minimum absolute atomic E-state index is 0.663. The third-order valence-electron chi connectivity index (χ3n) is 3.55. The van der Waals surface area contributed by atoms with Crippen LogP contribution in [-0.4, -0.2) is 23.8 Å². The molecule has 0 spiro atoms. The lowest BCUT2D eigenvalue weighted by molar-refractivity contribution is 0.415. The van der Waals surface area contributed by atoms with Crippen LogP contribution in [-0.2, 0) is 7.05 Å². The first-order valence-corrected chi connectivity index (χ1v) is 6.58. The standard InChI is InChI=1S/C16H17N3O2/c1-19-14-7-5-11(20-2)9-13(14)18-16(19)12-6-4-10(17)8-15(12)21-3/h4-9H,17H2,1-3H3. The lowest BCUT2D eigenvalue weighted by Crippen LogP contribution is -1.96. The first kappa shape index (κ1) is 13.3. The van der Waals surface area contributed by atoms with Gasteiger partial charge in [0.2, 0.25) is 0 Å². The van der Waals surface area contributed by atoms with Gasteiger partial charge in [0.25, 0.3) is 0 Å². The number of nitrogen functional groups attached to an aromatic ring is 1. The molecule has 3 aromatic rings. The quantitative estimate of drug-likeness (QED) is 0.751. The Morgan fingerprint density at radius 3 is 2.57 bits per heavy atom. The van der Waals surface area contributed by atoms with Crippen molar-refractivity contribution < 1.29 is 9.47 Å². The van der Waals surface area contributed by atoms with E-state index in [-0.39, 0.29) is 0 Å². The molecule has 0 unspecified atom stereocenters. The van der Waals surface area contributed by atoms with E-state index in [1.807, 2.05) is 41.9 Å². The number of hydrogen-bond acceptors (Lipinski definition) is 4. The Balaban J connectivity index is 2.23. The molecule has 0 radical (unpaired) electrons. The molecule has 1 heterocycles. The monoisotopic (exact) mass is 283 g/mol. The van der Waals surface area contributed by atoms with E-state index in [0.29, 0.717) is 11.4 Å². The highest BCUT2D eigenvalue weighted by Gasteiger charge is 2.14. The molecule has 2 N–H and O–H groups in total. The Morgan fingerprint density at radius 2 is 1.86 bits per heavy atom. The zero-order chi connectivity index (χ0) is 15.0. The summed E-state index contributed by atoms with van der Waals surface area (Å²) in [6, 6.07) is 11.4. The predicted octanol–water partition coefficient (Wildman–Crippen LogP) is 2.84. The van der Waals surface area contributed by atoms with Gasteiger partial charge in [0.15, 0.2) is 0 Å². The summed E-state index contributed by atoms with van der Waals surface area (Å²) < 4.78 is 12.7. The first-order chi connectivity index (χ1) is 10.1. The number of ether oxygens (including phenoxy) is 2. The van der Waals surface area contributed by atoms with Crippen molar-refractivity contribution in [3.05, 3.63) is 36.4 Å². The zero-order valence-corrected chi connectivity index (χ0v) is 12.3. The van der Waals surface area contributed by atoms with Gasteiger partial charge in [-0.15, -0.1) is 0 Å². The van der Waals surface area contributed by atoms with Crippen LogP contribution >= 0.6 is 0 Å². The number of nitrogens with zero attached hydrogens (tertiary/aromatic N) is 2. The number of aryl methyl sites for hydroxylation is 1. The van der Waals surface area contributed by atoms with Crippen molar-refractivity contribution in [2.75, 3.05) is 20.0 Å². The molecular formula is C16H17N3O2. The van der Waals surface area contributed by atoms with Gasteiger partial charge in [0, 0.05) is 24.9 Å². The maximum Gasteiger partial charge on any atom is 0.144 e. The van der Waals surface area contributed by atoms with Gasteiger partial charge >= 0.3 is 0 Å². The second kappa shape index (κ2) is 5.01. The Hall–Kier alpha value is -2.69. The SMILES string of the molecule is COc1ccc2c(c1)nc(-c1ccc(N)cc1OC)n2C. The van der Waals surface area contributed by atoms with Crippen LogP contribution < -0.4 is 15.2 Å². The molecule has 0 amide bonds. The fraction of sp³-hybridized carbons (Fsp3) is 0.188. The summed E-state index contributed by atoms with van der Waals surface area (Å²) in [4.78, 5) is 4.69. The van der Waals surface area contributed by atoms with E-state index >= 15 is 0 Å². The molecule has 21 heavy (non-hydrogen) atoms. The van der Waals surface area contributed by atoms with E-state index in [4.69, 9.17) is 20.2 Å². The summed E-state index contributed by atoms with van der Waals surface area (Å²) >= 11 is 0. The molecule has 0 saturated heterocycles. The number of aromatic nitrogens is 2. The maximum atomic E-state index is 5.81. The number of anilines is 1. The molecule has 1 aromatic heterocycles. The lowest BCUT2D eigenvalue weighted by Gasteiger charge is -2.09. The number of benzene rings is 2. The van der Waals surface area contributed by atoms with Crippen molar-refractivity contribution in [3.8, 4) is 22.9 Å². The minimum atomic E-state index is 0.663. The van der Waals surface area contributed by atoms with Gasteiger partial charge in [-0.1, -0.05) is 0 Å². The average Bonchev–Trinajstić information content (AvgIpc) is 2.83. The van der Waals surface area contributed by atoms with Gasteiger partial charge < -0.3 is 19.8 Å². The number of imidazole rings is 1.